The van der Waals surface area contributed by atoms with E-state index in [0.29, 0.717) is 12.1 Å². The molecule has 0 aliphatic carbocycles. The van der Waals surface area contributed by atoms with Crippen LogP contribution in [-0.2, 0) is 19.6 Å². The zero-order valence-electron chi connectivity index (χ0n) is 14.8. The number of rotatable bonds is 6. The molecule has 2 N–H and O–H groups in total. The summed E-state index contributed by atoms with van der Waals surface area (Å²) < 4.78 is 30.0. The van der Waals surface area contributed by atoms with Gasteiger partial charge in [-0.3, -0.25) is 9.59 Å². The maximum Gasteiger partial charge on any atom is 0.318 e. The van der Waals surface area contributed by atoms with Crippen molar-refractivity contribution in [2.45, 2.75) is 6.10 Å². The van der Waals surface area contributed by atoms with E-state index in [9.17, 15) is 18.0 Å². The number of fused-ring (bicyclic) bond motifs is 1. The number of morpholine rings is 1. The summed E-state index contributed by atoms with van der Waals surface area (Å²) in [6.07, 6.45) is 2.16. The molecule has 1 aromatic carbocycles. The predicted octanol–water partition coefficient (Wildman–Crippen LogP) is 0.355. The lowest BCUT2D eigenvalue weighted by Crippen LogP contribution is -2.51. The summed E-state index contributed by atoms with van der Waals surface area (Å²) in [5, 5.41) is 9.85. The number of sulfonamides is 1. The Morgan fingerprint density at radius 2 is 2.15 bits per heavy atom. The summed E-state index contributed by atoms with van der Waals surface area (Å²) in [6, 6.07) is 7.24. The number of hydrogen-bond acceptors (Lipinski definition) is 5. The predicted molar refractivity (Wildman–Crippen MR) is 98.0 cm³/mol. The first-order chi connectivity index (χ1) is 12.7. The van der Waals surface area contributed by atoms with Crippen LogP contribution in [0, 0.1) is 0 Å². The van der Waals surface area contributed by atoms with E-state index in [1.807, 2.05) is 12.1 Å². The standard InChI is InChI=1S/C17H21N3O6S/c1-27(24,25)20(11-16(21)22)10-14-9-19(6-7-26-14)17(23)13-2-3-15-12(8-13)4-5-18-15/h2-5,8,14,18H,6-7,9-11H2,1H3,(H,21,22). The van der Waals surface area contributed by atoms with E-state index in [2.05, 4.69) is 4.98 Å². The summed E-state index contributed by atoms with van der Waals surface area (Å²) >= 11 is 0. The Bertz CT molecular complexity index is 954. The lowest BCUT2D eigenvalue weighted by Gasteiger charge is -2.35. The van der Waals surface area contributed by atoms with Crippen LogP contribution in [0.1, 0.15) is 10.4 Å². The summed E-state index contributed by atoms with van der Waals surface area (Å²) in [7, 11) is -3.70. The summed E-state index contributed by atoms with van der Waals surface area (Å²) in [5.41, 5.74) is 1.47. The topological polar surface area (TPSA) is 120 Å². The van der Waals surface area contributed by atoms with Gasteiger partial charge in [0.2, 0.25) is 10.0 Å². The van der Waals surface area contributed by atoms with Gasteiger partial charge in [0.05, 0.1) is 19.0 Å². The average Bonchev–Trinajstić information content (AvgIpc) is 3.07. The number of amides is 1. The van der Waals surface area contributed by atoms with Gasteiger partial charge in [-0.1, -0.05) is 0 Å². The number of nitrogens with one attached hydrogen (secondary N) is 1. The van der Waals surface area contributed by atoms with Gasteiger partial charge in [-0.05, 0) is 24.3 Å². The Labute approximate surface area is 156 Å². The van der Waals surface area contributed by atoms with E-state index >= 15 is 0 Å². The smallest absolute Gasteiger partial charge is 0.318 e. The highest BCUT2D eigenvalue weighted by molar-refractivity contribution is 7.88. The van der Waals surface area contributed by atoms with Gasteiger partial charge in [0.1, 0.15) is 6.54 Å². The number of ether oxygens (including phenoxy) is 1. The first-order valence-corrected chi connectivity index (χ1v) is 10.2. The monoisotopic (exact) mass is 395 g/mol. The van der Waals surface area contributed by atoms with Crippen molar-refractivity contribution in [1.29, 1.82) is 0 Å². The molecule has 0 radical (unpaired) electrons. The lowest BCUT2D eigenvalue weighted by molar-refractivity contribution is -0.137. The zero-order chi connectivity index (χ0) is 19.6. The quantitative estimate of drug-likeness (QED) is 0.729. The van der Waals surface area contributed by atoms with Crippen molar-refractivity contribution in [2.24, 2.45) is 0 Å². The third-order valence-electron chi connectivity index (χ3n) is 4.41. The van der Waals surface area contributed by atoms with Crippen molar-refractivity contribution in [2.75, 3.05) is 39.0 Å². The molecule has 1 saturated heterocycles. The van der Waals surface area contributed by atoms with Gasteiger partial charge >= 0.3 is 5.97 Å². The average molecular weight is 395 g/mol. The van der Waals surface area contributed by atoms with Crippen molar-refractivity contribution < 1.29 is 27.9 Å². The Balaban J connectivity index is 1.71. The second kappa shape index (κ2) is 7.67. The van der Waals surface area contributed by atoms with E-state index in [1.54, 1.807) is 23.2 Å². The van der Waals surface area contributed by atoms with E-state index in [-0.39, 0.29) is 25.6 Å². The Morgan fingerprint density at radius 3 is 2.85 bits per heavy atom. The number of carboxylic acids is 1. The van der Waals surface area contributed by atoms with E-state index in [0.717, 1.165) is 21.5 Å². The SMILES string of the molecule is CS(=O)(=O)N(CC(=O)O)CC1CN(C(=O)c2ccc3[nH]ccc3c2)CCO1. The van der Waals surface area contributed by atoms with Gasteiger partial charge in [0, 0.05) is 42.3 Å². The molecule has 1 aliphatic rings. The number of carbonyl (C=O) groups is 2. The minimum absolute atomic E-state index is 0.119. The van der Waals surface area contributed by atoms with Crippen molar-refractivity contribution in [3.63, 3.8) is 0 Å². The van der Waals surface area contributed by atoms with Gasteiger partial charge < -0.3 is 19.7 Å². The van der Waals surface area contributed by atoms with E-state index in [4.69, 9.17) is 9.84 Å². The Morgan fingerprint density at radius 1 is 1.37 bits per heavy atom. The van der Waals surface area contributed by atoms with Crippen molar-refractivity contribution in [3.8, 4) is 0 Å². The third-order valence-corrected chi connectivity index (χ3v) is 5.63. The van der Waals surface area contributed by atoms with Crippen molar-refractivity contribution in [1.82, 2.24) is 14.2 Å². The number of carboxylic acid groups (broad SMARTS) is 1. The summed E-state index contributed by atoms with van der Waals surface area (Å²) in [6.45, 7) is 0.0734. The Hall–Kier alpha value is -2.43. The molecule has 0 saturated carbocycles. The molecule has 10 heteroatoms. The van der Waals surface area contributed by atoms with Crippen LogP contribution in [0.25, 0.3) is 10.9 Å². The number of benzene rings is 1. The molecular formula is C17H21N3O6S. The fourth-order valence-electron chi connectivity index (χ4n) is 3.08. The Kier molecular flexibility index (Phi) is 5.49. The molecule has 0 spiro atoms. The fraction of sp³-hybridized carbons (Fsp3) is 0.412. The summed E-state index contributed by atoms with van der Waals surface area (Å²) in [5.74, 6) is -1.42. The minimum atomic E-state index is -3.70. The van der Waals surface area contributed by atoms with Gasteiger partial charge in [0.25, 0.3) is 5.91 Å². The molecule has 146 valence electrons. The largest absolute Gasteiger partial charge is 0.480 e. The number of aromatic nitrogens is 1. The third kappa shape index (κ3) is 4.65. The number of carbonyl (C=O) groups excluding carboxylic acids is 1. The highest BCUT2D eigenvalue weighted by atomic mass is 32.2. The molecule has 2 aromatic rings. The van der Waals surface area contributed by atoms with E-state index < -0.39 is 28.6 Å². The zero-order valence-corrected chi connectivity index (χ0v) is 15.6. The molecular weight excluding hydrogens is 374 g/mol. The fourth-order valence-corrected chi connectivity index (χ4v) is 3.86. The van der Waals surface area contributed by atoms with Crippen molar-refractivity contribution >= 4 is 32.8 Å². The molecule has 3 rings (SSSR count). The highest BCUT2D eigenvalue weighted by Crippen LogP contribution is 2.18. The molecule has 1 aliphatic heterocycles. The van der Waals surface area contributed by atoms with Crippen LogP contribution in [0.2, 0.25) is 0 Å². The molecule has 2 heterocycles. The van der Waals surface area contributed by atoms with Crippen LogP contribution in [0.15, 0.2) is 30.5 Å². The van der Waals surface area contributed by atoms with Crippen LogP contribution in [0.5, 0.6) is 0 Å². The number of nitrogens with zero attached hydrogens (tertiary/aromatic N) is 2. The molecule has 1 atom stereocenters. The molecule has 9 nitrogen and oxygen atoms in total. The maximum absolute atomic E-state index is 12.8. The normalized spacial score (nSPS) is 18.1. The van der Waals surface area contributed by atoms with Crippen LogP contribution in [-0.4, -0.2) is 84.7 Å². The molecule has 0 bridgehead atoms. The lowest BCUT2D eigenvalue weighted by atomic mass is 10.1. The van der Waals surface area contributed by atoms with Crippen molar-refractivity contribution in [3.05, 3.63) is 36.0 Å². The van der Waals surface area contributed by atoms with Crippen LogP contribution in [0.3, 0.4) is 0 Å². The molecule has 1 amide bonds. The minimum Gasteiger partial charge on any atom is -0.480 e. The second-order valence-corrected chi connectivity index (χ2v) is 8.46. The van der Waals surface area contributed by atoms with Gasteiger partial charge in [-0.25, -0.2) is 8.42 Å². The molecule has 1 unspecified atom stereocenters. The number of hydrogen-bond donors (Lipinski definition) is 2. The van der Waals surface area contributed by atoms with E-state index in [1.165, 1.54) is 0 Å². The molecule has 27 heavy (non-hydrogen) atoms. The number of aromatic amines is 1. The number of aliphatic carboxylic acids is 1. The molecule has 1 aromatic heterocycles. The highest BCUT2D eigenvalue weighted by Gasteiger charge is 2.30. The van der Waals surface area contributed by atoms with Crippen LogP contribution in [0.4, 0.5) is 0 Å². The second-order valence-electron chi connectivity index (χ2n) is 6.47. The summed E-state index contributed by atoms with van der Waals surface area (Å²) in [4.78, 5) is 28.4. The first-order valence-electron chi connectivity index (χ1n) is 8.39. The van der Waals surface area contributed by atoms with Crippen LogP contribution < -0.4 is 0 Å². The van der Waals surface area contributed by atoms with Gasteiger partial charge in [-0.2, -0.15) is 4.31 Å². The first kappa shape index (κ1) is 19.3. The van der Waals surface area contributed by atoms with Gasteiger partial charge in [0.15, 0.2) is 0 Å². The van der Waals surface area contributed by atoms with Crippen LogP contribution >= 0.6 is 0 Å². The molecule has 1 fully saturated rings. The number of H-pyrrole nitrogens is 1. The maximum atomic E-state index is 12.8. The van der Waals surface area contributed by atoms with Gasteiger partial charge in [-0.15, -0.1) is 0 Å².